The van der Waals surface area contributed by atoms with Gasteiger partial charge in [-0.1, -0.05) is 17.7 Å². The second kappa shape index (κ2) is 9.27. The van der Waals surface area contributed by atoms with Crippen LogP contribution in [0.3, 0.4) is 0 Å². The summed E-state index contributed by atoms with van der Waals surface area (Å²) in [6, 6.07) is 7.05. The van der Waals surface area contributed by atoms with Gasteiger partial charge in [0.05, 0.1) is 12.1 Å². The van der Waals surface area contributed by atoms with E-state index in [-0.39, 0.29) is 31.3 Å². The lowest BCUT2D eigenvalue weighted by molar-refractivity contribution is -0.121. The largest absolute Gasteiger partial charge is 0.454 e. The fourth-order valence-corrected chi connectivity index (χ4v) is 5.18. The van der Waals surface area contributed by atoms with Crippen LogP contribution in [0.1, 0.15) is 37.7 Å². The van der Waals surface area contributed by atoms with E-state index in [1.165, 1.54) is 38.9 Å². The smallest absolute Gasteiger partial charge is 0.332 e. The SMILES string of the molecule is O=C(Cn1c(=O)n(Cc2ccc3c(c2)OCO3)c(=O)c2sccc21)NCCC1=CCCCC1. The molecule has 1 aliphatic carbocycles. The zero-order valence-corrected chi connectivity index (χ0v) is 19.0. The lowest BCUT2D eigenvalue weighted by Crippen LogP contribution is -2.42. The quantitative estimate of drug-likeness (QED) is 0.540. The number of nitrogens with one attached hydrogen (secondary N) is 1. The van der Waals surface area contributed by atoms with E-state index in [0.717, 1.165) is 24.8 Å². The lowest BCUT2D eigenvalue weighted by Gasteiger charge is -2.14. The molecule has 0 fully saturated rings. The van der Waals surface area contributed by atoms with Crippen molar-refractivity contribution in [1.82, 2.24) is 14.5 Å². The van der Waals surface area contributed by atoms with Gasteiger partial charge in [-0.25, -0.2) is 4.79 Å². The molecule has 8 nitrogen and oxygen atoms in total. The number of hydrogen-bond donors (Lipinski definition) is 1. The molecule has 0 saturated heterocycles. The fourth-order valence-electron chi connectivity index (χ4n) is 4.34. The van der Waals surface area contributed by atoms with Crippen LogP contribution in [-0.2, 0) is 17.9 Å². The van der Waals surface area contributed by atoms with Crippen molar-refractivity contribution >= 4 is 27.5 Å². The number of fused-ring (bicyclic) bond motifs is 2. The highest BCUT2D eigenvalue weighted by atomic mass is 32.1. The van der Waals surface area contributed by atoms with Crippen molar-refractivity contribution in [2.24, 2.45) is 0 Å². The lowest BCUT2D eigenvalue weighted by atomic mass is 9.97. The van der Waals surface area contributed by atoms with E-state index >= 15 is 0 Å². The van der Waals surface area contributed by atoms with E-state index in [1.807, 2.05) is 0 Å². The molecule has 1 aliphatic heterocycles. The predicted octanol–water partition coefficient (Wildman–Crippen LogP) is 3.01. The molecule has 0 bridgehead atoms. The molecule has 1 N–H and O–H groups in total. The number of thiophene rings is 1. The van der Waals surface area contributed by atoms with Gasteiger partial charge in [0.2, 0.25) is 12.7 Å². The van der Waals surface area contributed by atoms with E-state index in [4.69, 9.17) is 9.47 Å². The summed E-state index contributed by atoms with van der Waals surface area (Å²) >= 11 is 1.27. The Morgan fingerprint density at radius 2 is 1.97 bits per heavy atom. The maximum absolute atomic E-state index is 13.3. The molecule has 3 aromatic rings. The molecule has 2 aromatic heterocycles. The summed E-state index contributed by atoms with van der Waals surface area (Å²) in [4.78, 5) is 39.0. The van der Waals surface area contributed by atoms with Gasteiger partial charge < -0.3 is 14.8 Å². The van der Waals surface area contributed by atoms with Crippen LogP contribution in [0.15, 0.2) is 50.9 Å². The van der Waals surface area contributed by atoms with Gasteiger partial charge in [0, 0.05) is 6.54 Å². The number of aromatic nitrogens is 2. The number of hydrogen-bond acceptors (Lipinski definition) is 6. The molecule has 33 heavy (non-hydrogen) atoms. The summed E-state index contributed by atoms with van der Waals surface area (Å²) in [7, 11) is 0. The van der Waals surface area contributed by atoms with Crippen LogP contribution in [0.25, 0.3) is 10.2 Å². The molecule has 0 atom stereocenters. The summed E-state index contributed by atoms with van der Waals surface area (Å²) in [5.74, 6) is 0.984. The molecule has 0 radical (unpaired) electrons. The van der Waals surface area contributed by atoms with Gasteiger partial charge >= 0.3 is 5.69 Å². The number of benzene rings is 1. The first-order valence-electron chi connectivity index (χ1n) is 11.1. The Morgan fingerprint density at radius 3 is 2.82 bits per heavy atom. The molecule has 3 heterocycles. The highest BCUT2D eigenvalue weighted by Gasteiger charge is 2.18. The third-order valence-electron chi connectivity index (χ3n) is 6.07. The predicted molar refractivity (Wildman–Crippen MR) is 126 cm³/mol. The Kier molecular flexibility index (Phi) is 6.04. The molecule has 172 valence electrons. The molecule has 5 rings (SSSR count). The molecule has 0 unspecified atom stereocenters. The molecule has 0 spiro atoms. The van der Waals surface area contributed by atoms with E-state index in [0.29, 0.717) is 28.3 Å². The maximum Gasteiger partial charge on any atom is 0.332 e. The zero-order chi connectivity index (χ0) is 22.8. The standard InChI is InChI=1S/C24H25N3O5S/c28-21(25-10-8-16-4-2-1-3-5-16)14-26-18-9-11-33-22(18)23(29)27(24(26)30)13-17-6-7-19-20(12-17)32-15-31-19/h4,6-7,9,11-12H,1-3,5,8,10,13-15H2,(H,25,28). The number of amides is 1. The minimum Gasteiger partial charge on any atom is -0.454 e. The minimum atomic E-state index is -0.506. The van der Waals surface area contributed by atoms with Gasteiger partial charge in [-0.2, -0.15) is 0 Å². The van der Waals surface area contributed by atoms with Gasteiger partial charge in [-0.15, -0.1) is 11.3 Å². The van der Waals surface area contributed by atoms with Crippen molar-refractivity contribution in [3.8, 4) is 11.5 Å². The summed E-state index contributed by atoms with van der Waals surface area (Å²) < 4.78 is 13.7. The average Bonchev–Trinajstić information content (AvgIpc) is 3.50. The zero-order valence-electron chi connectivity index (χ0n) is 18.2. The van der Waals surface area contributed by atoms with Gasteiger partial charge in [0.15, 0.2) is 11.5 Å². The highest BCUT2D eigenvalue weighted by molar-refractivity contribution is 7.17. The van der Waals surface area contributed by atoms with Crippen LogP contribution < -0.4 is 26.0 Å². The number of carbonyl (C=O) groups is 1. The monoisotopic (exact) mass is 467 g/mol. The van der Waals surface area contributed by atoms with Crippen LogP contribution in [0, 0.1) is 0 Å². The van der Waals surface area contributed by atoms with Gasteiger partial charge in [0.1, 0.15) is 11.2 Å². The van der Waals surface area contributed by atoms with Crippen LogP contribution in [0.5, 0.6) is 11.5 Å². The first kappa shape index (κ1) is 21.5. The third kappa shape index (κ3) is 4.45. The van der Waals surface area contributed by atoms with E-state index in [1.54, 1.807) is 29.6 Å². The second-order valence-electron chi connectivity index (χ2n) is 8.29. The van der Waals surface area contributed by atoms with Crippen molar-refractivity contribution in [2.45, 2.75) is 45.2 Å². The van der Waals surface area contributed by atoms with E-state index in [9.17, 15) is 14.4 Å². The van der Waals surface area contributed by atoms with Crippen LogP contribution >= 0.6 is 11.3 Å². The minimum absolute atomic E-state index is 0.0813. The van der Waals surface area contributed by atoms with Crippen molar-refractivity contribution in [3.63, 3.8) is 0 Å². The first-order valence-corrected chi connectivity index (χ1v) is 12.0. The molecule has 0 saturated carbocycles. The molecule has 1 amide bonds. The Bertz CT molecular complexity index is 1350. The number of ether oxygens (including phenoxy) is 2. The molecular formula is C24H25N3O5S. The van der Waals surface area contributed by atoms with Crippen molar-refractivity contribution in [1.29, 1.82) is 0 Å². The summed E-state index contributed by atoms with van der Waals surface area (Å²) in [6.07, 6.45) is 7.74. The van der Waals surface area contributed by atoms with Crippen molar-refractivity contribution in [2.75, 3.05) is 13.3 Å². The second-order valence-corrected chi connectivity index (χ2v) is 9.21. The van der Waals surface area contributed by atoms with Crippen molar-refractivity contribution < 1.29 is 14.3 Å². The molecular weight excluding hydrogens is 442 g/mol. The van der Waals surface area contributed by atoms with Gasteiger partial charge in [-0.05, 0) is 61.2 Å². The Labute approximate surface area is 194 Å². The normalized spacial score (nSPS) is 15.0. The average molecular weight is 468 g/mol. The number of nitrogens with zero attached hydrogens (tertiary/aromatic N) is 2. The van der Waals surface area contributed by atoms with E-state index < -0.39 is 5.69 Å². The van der Waals surface area contributed by atoms with Crippen LogP contribution in [0.2, 0.25) is 0 Å². The Hall–Kier alpha value is -3.33. The molecule has 9 heteroatoms. The van der Waals surface area contributed by atoms with Crippen LogP contribution in [0.4, 0.5) is 0 Å². The first-order chi connectivity index (χ1) is 16.1. The fraction of sp³-hybridized carbons (Fsp3) is 0.375. The number of allylic oxidation sites excluding steroid dienone is 1. The maximum atomic E-state index is 13.3. The number of carbonyl (C=O) groups excluding carboxylic acids is 1. The topological polar surface area (TPSA) is 91.6 Å². The molecule has 1 aromatic carbocycles. The Balaban J connectivity index is 1.37. The summed E-state index contributed by atoms with van der Waals surface area (Å²) in [6.45, 7) is 0.645. The third-order valence-corrected chi connectivity index (χ3v) is 6.96. The molecule has 2 aliphatic rings. The summed E-state index contributed by atoms with van der Waals surface area (Å²) in [5, 5.41) is 4.68. The van der Waals surface area contributed by atoms with Gasteiger partial charge in [0.25, 0.3) is 5.56 Å². The van der Waals surface area contributed by atoms with E-state index in [2.05, 4.69) is 11.4 Å². The van der Waals surface area contributed by atoms with Gasteiger partial charge in [-0.3, -0.25) is 18.7 Å². The van der Waals surface area contributed by atoms with Crippen LogP contribution in [-0.4, -0.2) is 28.4 Å². The van der Waals surface area contributed by atoms with Crippen molar-refractivity contribution in [3.05, 3.63) is 67.7 Å². The highest BCUT2D eigenvalue weighted by Crippen LogP contribution is 2.32. The Morgan fingerprint density at radius 1 is 1.09 bits per heavy atom. The number of rotatable bonds is 7. The summed E-state index contributed by atoms with van der Waals surface area (Å²) in [5.41, 5.74) is 1.75.